The van der Waals surface area contributed by atoms with Crippen molar-refractivity contribution >= 4 is 22.2 Å². The van der Waals surface area contributed by atoms with E-state index >= 15 is 0 Å². The maximum Gasteiger partial charge on any atom is 0.218 e. The first kappa shape index (κ1) is 19.6. The van der Waals surface area contributed by atoms with Crippen LogP contribution >= 0.6 is 11.3 Å². The lowest BCUT2D eigenvalue weighted by atomic mass is 10.00. The molecule has 0 atom stereocenters. The predicted molar refractivity (Wildman–Crippen MR) is 117 cm³/mol. The second kappa shape index (κ2) is 8.73. The highest BCUT2D eigenvalue weighted by atomic mass is 32.1. The van der Waals surface area contributed by atoms with Gasteiger partial charge in [0.1, 0.15) is 11.5 Å². The molecule has 4 rings (SSSR count). The van der Waals surface area contributed by atoms with E-state index in [0.29, 0.717) is 6.54 Å². The summed E-state index contributed by atoms with van der Waals surface area (Å²) >= 11 is 1.64. The monoisotopic (exact) mass is 413 g/mol. The van der Waals surface area contributed by atoms with E-state index in [9.17, 15) is 0 Å². The van der Waals surface area contributed by atoms with Crippen LogP contribution in [0.5, 0.6) is 11.5 Å². The van der Waals surface area contributed by atoms with Gasteiger partial charge < -0.3 is 19.7 Å². The molecule has 8 heteroatoms. The van der Waals surface area contributed by atoms with Crippen molar-refractivity contribution in [2.75, 3.05) is 37.5 Å². The van der Waals surface area contributed by atoms with Gasteiger partial charge in [0.05, 0.1) is 26.5 Å². The van der Waals surface area contributed by atoms with Crippen molar-refractivity contribution in [3.05, 3.63) is 42.2 Å². The van der Waals surface area contributed by atoms with Gasteiger partial charge in [-0.3, -0.25) is 4.57 Å². The Morgan fingerprint density at radius 3 is 2.66 bits per heavy atom. The first-order chi connectivity index (χ1) is 14.2. The molecule has 0 spiro atoms. The van der Waals surface area contributed by atoms with Gasteiger partial charge in [0.25, 0.3) is 0 Å². The molecule has 0 bridgehead atoms. The zero-order chi connectivity index (χ0) is 20.2. The summed E-state index contributed by atoms with van der Waals surface area (Å²) in [4.78, 5) is 2.35. The lowest BCUT2D eigenvalue weighted by Gasteiger charge is -2.29. The topological polar surface area (TPSA) is 64.4 Å². The zero-order valence-electron chi connectivity index (χ0n) is 17.1. The average molecular weight is 414 g/mol. The normalized spacial score (nSPS) is 14.8. The van der Waals surface area contributed by atoms with Crippen LogP contribution in [0.15, 0.2) is 36.5 Å². The van der Waals surface area contributed by atoms with Crippen LogP contribution in [0.1, 0.15) is 25.5 Å². The van der Waals surface area contributed by atoms with Gasteiger partial charge in [-0.1, -0.05) is 18.3 Å². The van der Waals surface area contributed by atoms with Gasteiger partial charge in [0.2, 0.25) is 10.3 Å². The Labute approximate surface area is 175 Å². The largest absolute Gasteiger partial charge is 0.497 e. The quantitative estimate of drug-likeness (QED) is 0.626. The van der Waals surface area contributed by atoms with E-state index in [1.807, 2.05) is 30.5 Å². The molecule has 0 amide bonds. The van der Waals surface area contributed by atoms with E-state index in [-0.39, 0.29) is 0 Å². The second-order valence-electron chi connectivity index (χ2n) is 7.33. The van der Waals surface area contributed by atoms with Crippen LogP contribution in [0.4, 0.5) is 10.8 Å². The van der Waals surface area contributed by atoms with E-state index < -0.39 is 0 Å². The molecule has 1 fully saturated rings. The van der Waals surface area contributed by atoms with E-state index in [0.717, 1.165) is 52.2 Å². The Hall–Kier alpha value is -2.74. The minimum Gasteiger partial charge on any atom is -0.497 e. The standard InChI is InChI=1S/C21H27N5O2S/c1-15-8-11-25(12-9-15)20-23-24-21(29-20)26-10-4-5-16(26)14-22-18-13-17(27-2)6-7-19(18)28-3/h4-7,10,13,15,22H,8-9,11-12,14H2,1-3H3. The maximum absolute atomic E-state index is 5.46. The third-order valence-electron chi connectivity index (χ3n) is 5.36. The molecular weight excluding hydrogens is 386 g/mol. The van der Waals surface area contributed by atoms with Crippen molar-refractivity contribution in [1.29, 1.82) is 0 Å². The summed E-state index contributed by atoms with van der Waals surface area (Å²) in [6.07, 6.45) is 4.47. The van der Waals surface area contributed by atoms with Gasteiger partial charge in [-0.15, -0.1) is 10.2 Å². The number of nitrogens with zero attached hydrogens (tertiary/aromatic N) is 4. The van der Waals surface area contributed by atoms with Gasteiger partial charge >= 0.3 is 0 Å². The summed E-state index contributed by atoms with van der Waals surface area (Å²) in [5, 5.41) is 14.2. The molecule has 154 valence electrons. The number of nitrogens with one attached hydrogen (secondary N) is 1. The van der Waals surface area contributed by atoms with Crippen molar-refractivity contribution in [3.63, 3.8) is 0 Å². The van der Waals surface area contributed by atoms with E-state index in [1.165, 1.54) is 12.8 Å². The summed E-state index contributed by atoms with van der Waals surface area (Å²) in [7, 11) is 3.33. The molecule has 1 aliphatic heterocycles. The molecule has 0 radical (unpaired) electrons. The molecule has 1 saturated heterocycles. The number of hydrogen-bond acceptors (Lipinski definition) is 7. The maximum atomic E-state index is 5.46. The van der Waals surface area contributed by atoms with Gasteiger partial charge in [0, 0.05) is 31.0 Å². The molecule has 1 aliphatic rings. The Bertz CT molecular complexity index is 946. The molecule has 1 N–H and O–H groups in total. The van der Waals surface area contributed by atoms with Crippen LogP contribution in [0.2, 0.25) is 0 Å². The van der Waals surface area contributed by atoms with Gasteiger partial charge in [-0.05, 0) is 43.0 Å². The van der Waals surface area contributed by atoms with Crippen molar-refractivity contribution in [3.8, 4) is 16.6 Å². The Morgan fingerprint density at radius 2 is 1.90 bits per heavy atom. The number of benzene rings is 1. The lowest BCUT2D eigenvalue weighted by molar-refractivity contribution is 0.404. The lowest BCUT2D eigenvalue weighted by Crippen LogP contribution is -2.32. The summed E-state index contributed by atoms with van der Waals surface area (Å²) in [5.41, 5.74) is 1.99. The number of aromatic nitrogens is 3. The molecule has 3 aromatic rings. The number of rotatable bonds is 7. The molecule has 29 heavy (non-hydrogen) atoms. The van der Waals surface area contributed by atoms with Crippen molar-refractivity contribution in [1.82, 2.24) is 14.8 Å². The third-order valence-corrected chi connectivity index (χ3v) is 6.35. The second-order valence-corrected chi connectivity index (χ2v) is 8.26. The van der Waals surface area contributed by atoms with E-state index in [2.05, 4.69) is 38.0 Å². The third kappa shape index (κ3) is 4.32. The number of anilines is 2. The average Bonchev–Trinajstić information content (AvgIpc) is 3.42. The van der Waals surface area contributed by atoms with Crippen LogP contribution in [0.25, 0.3) is 5.13 Å². The fourth-order valence-corrected chi connectivity index (χ4v) is 4.43. The molecule has 1 aromatic carbocycles. The van der Waals surface area contributed by atoms with Crippen LogP contribution in [-0.4, -0.2) is 42.1 Å². The van der Waals surface area contributed by atoms with Gasteiger partial charge in [-0.25, -0.2) is 0 Å². The highest BCUT2D eigenvalue weighted by molar-refractivity contribution is 7.17. The molecule has 0 aliphatic carbocycles. The number of ether oxygens (including phenoxy) is 2. The molecule has 7 nitrogen and oxygen atoms in total. The SMILES string of the molecule is COc1ccc(OC)c(NCc2cccn2-c2nnc(N3CCC(C)CC3)s2)c1. The first-order valence-electron chi connectivity index (χ1n) is 9.89. The minimum absolute atomic E-state index is 0.632. The summed E-state index contributed by atoms with van der Waals surface area (Å²) < 4.78 is 12.9. The van der Waals surface area contributed by atoms with Crippen LogP contribution in [0.3, 0.4) is 0 Å². The molecule has 2 aromatic heterocycles. The Kier molecular flexibility index (Phi) is 5.89. The number of piperidine rings is 1. The van der Waals surface area contributed by atoms with Crippen molar-refractivity contribution in [2.45, 2.75) is 26.3 Å². The zero-order valence-corrected chi connectivity index (χ0v) is 17.9. The van der Waals surface area contributed by atoms with Gasteiger partial charge in [0.15, 0.2) is 0 Å². The van der Waals surface area contributed by atoms with Crippen LogP contribution < -0.4 is 19.7 Å². The number of methoxy groups -OCH3 is 2. The molecule has 0 unspecified atom stereocenters. The fraction of sp³-hybridized carbons (Fsp3) is 0.429. The van der Waals surface area contributed by atoms with Crippen LogP contribution in [-0.2, 0) is 6.54 Å². The van der Waals surface area contributed by atoms with Gasteiger partial charge in [-0.2, -0.15) is 0 Å². The van der Waals surface area contributed by atoms with E-state index in [4.69, 9.17) is 9.47 Å². The first-order valence-corrected chi connectivity index (χ1v) is 10.7. The number of hydrogen-bond donors (Lipinski definition) is 1. The fourth-order valence-electron chi connectivity index (χ4n) is 3.52. The van der Waals surface area contributed by atoms with Crippen molar-refractivity contribution in [2.24, 2.45) is 5.92 Å². The molecule has 0 saturated carbocycles. The van der Waals surface area contributed by atoms with Crippen LogP contribution in [0, 0.1) is 5.92 Å². The predicted octanol–water partition coefficient (Wildman–Crippen LogP) is 4.19. The Balaban J connectivity index is 1.48. The Morgan fingerprint density at radius 1 is 1.10 bits per heavy atom. The van der Waals surface area contributed by atoms with Crippen molar-refractivity contribution < 1.29 is 9.47 Å². The molecular formula is C21H27N5O2S. The molecule has 3 heterocycles. The smallest absolute Gasteiger partial charge is 0.218 e. The highest BCUT2D eigenvalue weighted by Gasteiger charge is 2.20. The summed E-state index contributed by atoms with van der Waals surface area (Å²) in [6.45, 7) is 5.07. The van der Waals surface area contributed by atoms with E-state index in [1.54, 1.807) is 25.6 Å². The summed E-state index contributed by atoms with van der Waals surface area (Å²) in [6, 6.07) is 9.84. The summed E-state index contributed by atoms with van der Waals surface area (Å²) in [5.74, 6) is 2.36. The highest BCUT2D eigenvalue weighted by Crippen LogP contribution is 2.31. The minimum atomic E-state index is 0.632.